The fraction of sp³-hybridized carbons (Fsp3) is 0.138. The molecule has 0 radical (unpaired) electrons. The van der Waals surface area contributed by atoms with Gasteiger partial charge in [-0.2, -0.15) is 0 Å². The number of anilines is 2. The largest absolute Gasteiger partial charge is 0.459 e. The summed E-state index contributed by atoms with van der Waals surface area (Å²) in [7, 11) is 0. The molecule has 2 aromatic heterocycles. The maximum absolute atomic E-state index is 12.4. The summed E-state index contributed by atoms with van der Waals surface area (Å²) in [5.74, 6) is 1.22. The highest BCUT2D eigenvalue weighted by molar-refractivity contribution is 7.80. The maximum atomic E-state index is 12.4. The lowest BCUT2D eigenvalue weighted by molar-refractivity contribution is -0.115. The Morgan fingerprint density at radius 2 is 1.63 bits per heavy atom. The monoisotopic (exact) mass is 526 g/mol. The molecule has 2 aromatic carbocycles. The fourth-order valence-electron chi connectivity index (χ4n) is 4.15. The van der Waals surface area contributed by atoms with Crippen molar-refractivity contribution < 1.29 is 18.4 Å². The zero-order valence-electron chi connectivity index (χ0n) is 20.5. The van der Waals surface area contributed by atoms with E-state index in [1.54, 1.807) is 29.2 Å². The molecule has 0 aliphatic carbocycles. The highest BCUT2D eigenvalue weighted by Gasteiger charge is 2.23. The van der Waals surface area contributed by atoms with Crippen molar-refractivity contribution in [2.75, 3.05) is 36.4 Å². The highest BCUT2D eigenvalue weighted by Crippen LogP contribution is 2.23. The predicted octanol–water partition coefficient (Wildman–Crippen LogP) is 5.03. The van der Waals surface area contributed by atoms with Crippen LogP contribution in [0.1, 0.15) is 16.3 Å². The van der Waals surface area contributed by atoms with E-state index in [2.05, 4.69) is 15.5 Å². The zero-order valence-corrected chi connectivity index (χ0v) is 21.3. The number of benzene rings is 2. The van der Waals surface area contributed by atoms with Crippen molar-refractivity contribution in [3.63, 3.8) is 0 Å². The first-order chi connectivity index (χ1) is 18.5. The van der Waals surface area contributed by atoms with E-state index in [-0.39, 0.29) is 16.9 Å². The van der Waals surface area contributed by atoms with E-state index in [1.165, 1.54) is 12.3 Å². The molecule has 9 heteroatoms. The molecule has 3 heterocycles. The maximum Gasteiger partial charge on any atom is 0.289 e. The SMILES string of the molecule is O=C(C=Cc1ccc(-c2ccccc2)o1)NC(=S)Nc1ccc(N2CCN(C(=O)c3ccco3)CC2)cc1. The van der Waals surface area contributed by atoms with Gasteiger partial charge in [0.15, 0.2) is 10.9 Å². The molecule has 1 saturated heterocycles. The average molecular weight is 527 g/mol. The molecule has 192 valence electrons. The molecule has 8 nitrogen and oxygen atoms in total. The highest BCUT2D eigenvalue weighted by atomic mass is 32.1. The van der Waals surface area contributed by atoms with Gasteiger partial charge in [-0.3, -0.25) is 14.9 Å². The number of carbonyl (C=O) groups excluding carboxylic acids is 2. The number of rotatable bonds is 6. The summed E-state index contributed by atoms with van der Waals surface area (Å²) in [6.07, 6.45) is 4.48. The number of amides is 2. The number of carbonyl (C=O) groups is 2. The molecule has 5 rings (SSSR count). The van der Waals surface area contributed by atoms with E-state index in [1.807, 2.05) is 60.7 Å². The molecule has 0 spiro atoms. The van der Waals surface area contributed by atoms with Gasteiger partial charge in [-0.1, -0.05) is 30.3 Å². The molecule has 2 amide bonds. The number of hydrogen-bond donors (Lipinski definition) is 2. The minimum atomic E-state index is -0.362. The van der Waals surface area contributed by atoms with Crippen LogP contribution in [0.3, 0.4) is 0 Å². The summed E-state index contributed by atoms with van der Waals surface area (Å²) < 4.78 is 11.0. The smallest absolute Gasteiger partial charge is 0.289 e. The van der Waals surface area contributed by atoms with Crippen LogP contribution in [0, 0.1) is 0 Å². The third kappa shape index (κ3) is 6.19. The number of nitrogens with one attached hydrogen (secondary N) is 2. The number of furan rings is 2. The standard InChI is InChI=1S/C29H26N4O4S/c34-27(15-13-24-12-14-25(37-24)21-5-2-1-3-6-21)31-29(38)30-22-8-10-23(11-9-22)32-16-18-33(19-17-32)28(35)26-7-4-20-36-26/h1-15,20H,16-19H2,(H2,30,31,34,38). The van der Waals surface area contributed by atoms with Gasteiger partial charge in [0, 0.05) is 49.2 Å². The van der Waals surface area contributed by atoms with Crippen LogP contribution in [0.25, 0.3) is 17.4 Å². The first-order valence-electron chi connectivity index (χ1n) is 12.2. The Hall–Kier alpha value is -4.63. The molecule has 1 aliphatic heterocycles. The van der Waals surface area contributed by atoms with E-state index < -0.39 is 0 Å². The lowest BCUT2D eigenvalue weighted by Crippen LogP contribution is -2.48. The van der Waals surface area contributed by atoms with Crippen LogP contribution in [0.15, 0.2) is 100 Å². The molecular weight excluding hydrogens is 500 g/mol. The van der Waals surface area contributed by atoms with Gasteiger partial charge < -0.3 is 24.0 Å². The van der Waals surface area contributed by atoms with Crippen LogP contribution in [0.4, 0.5) is 11.4 Å². The summed E-state index contributed by atoms with van der Waals surface area (Å²) in [5, 5.41) is 5.86. The van der Waals surface area contributed by atoms with Crippen LogP contribution in [-0.2, 0) is 4.79 Å². The van der Waals surface area contributed by atoms with Crippen molar-refractivity contribution in [3.8, 4) is 11.3 Å². The molecule has 1 aliphatic rings. The van der Waals surface area contributed by atoms with Gasteiger partial charge in [-0.25, -0.2) is 0 Å². The normalized spacial score (nSPS) is 13.5. The molecule has 38 heavy (non-hydrogen) atoms. The molecule has 0 saturated carbocycles. The van der Waals surface area contributed by atoms with E-state index in [4.69, 9.17) is 21.1 Å². The Balaban J connectivity index is 1.08. The Labute approximate surface area is 225 Å². The summed E-state index contributed by atoms with van der Waals surface area (Å²) in [4.78, 5) is 28.8. The van der Waals surface area contributed by atoms with Gasteiger partial charge in [-0.15, -0.1) is 0 Å². The van der Waals surface area contributed by atoms with E-state index in [9.17, 15) is 9.59 Å². The topological polar surface area (TPSA) is 91.0 Å². The first kappa shape index (κ1) is 25.0. The van der Waals surface area contributed by atoms with E-state index in [0.29, 0.717) is 24.6 Å². The average Bonchev–Trinajstić information content (AvgIpc) is 3.66. The quantitative estimate of drug-likeness (QED) is 0.269. The van der Waals surface area contributed by atoms with Crippen molar-refractivity contribution >= 4 is 46.6 Å². The lowest BCUT2D eigenvalue weighted by Gasteiger charge is -2.35. The van der Waals surface area contributed by atoms with E-state index >= 15 is 0 Å². The molecule has 4 aromatic rings. The van der Waals surface area contributed by atoms with Crippen LogP contribution < -0.4 is 15.5 Å². The third-order valence-corrected chi connectivity index (χ3v) is 6.31. The molecular formula is C29H26N4O4S. The van der Waals surface area contributed by atoms with Gasteiger partial charge >= 0.3 is 0 Å². The van der Waals surface area contributed by atoms with Crippen LogP contribution in [-0.4, -0.2) is 48.0 Å². The second-order valence-electron chi connectivity index (χ2n) is 8.65. The van der Waals surface area contributed by atoms with Crippen molar-refractivity contribution in [2.24, 2.45) is 0 Å². The van der Waals surface area contributed by atoms with E-state index in [0.717, 1.165) is 35.8 Å². The van der Waals surface area contributed by atoms with Gasteiger partial charge in [0.2, 0.25) is 5.91 Å². The Kier molecular flexibility index (Phi) is 7.65. The van der Waals surface area contributed by atoms with Crippen molar-refractivity contribution in [2.45, 2.75) is 0 Å². The Morgan fingerprint density at radius 1 is 0.868 bits per heavy atom. The van der Waals surface area contributed by atoms with Gasteiger partial charge in [0.25, 0.3) is 5.91 Å². The molecule has 0 bridgehead atoms. The minimum Gasteiger partial charge on any atom is -0.459 e. The summed E-state index contributed by atoms with van der Waals surface area (Å²) in [6.45, 7) is 2.69. The van der Waals surface area contributed by atoms with Gasteiger partial charge in [0.05, 0.1) is 6.26 Å². The Bertz CT molecular complexity index is 1420. The number of nitrogens with zero attached hydrogens (tertiary/aromatic N) is 2. The summed E-state index contributed by atoms with van der Waals surface area (Å²) in [5.41, 5.74) is 2.77. The molecule has 0 unspecified atom stereocenters. The molecule has 0 atom stereocenters. The number of piperazine rings is 1. The Morgan fingerprint density at radius 3 is 2.34 bits per heavy atom. The van der Waals surface area contributed by atoms with Crippen molar-refractivity contribution in [1.82, 2.24) is 10.2 Å². The number of thiocarbonyl (C=S) groups is 1. The lowest BCUT2D eigenvalue weighted by atomic mass is 10.2. The zero-order chi connectivity index (χ0) is 26.3. The number of hydrogen-bond acceptors (Lipinski definition) is 6. The van der Waals surface area contributed by atoms with Crippen molar-refractivity contribution in [1.29, 1.82) is 0 Å². The third-order valence-electron chi connectivity index (χ3n) is 6.11. The predicted molar refractivity (Wildman–Crippen MR) is 151 cm³/mol. The minimum absolute atomic E-state index is 0.0827. The molecule has 2 N–H and O–H groups in total. The summed E-state index contributed by atoms with van der Waals surface area (Å²) in [6, 6.07) is 24.6. The molecule has 1 fully saturated rings. The fourth-order valence-corrected chi connectivity index (χ4v) is 4.37. The second kappa shape index (κ2) is 11.6. The first-order valence-corrected chi connectivity index (χ1v) is 12.6. The second-order valence-corrected chi connectivity index (χ2v) is 9.06. The van der Waals surface area contributed by atoms with Crippen LogP contribution in [0.2, 0.25) is 0 Å². The van der Waals surface area contributed by atoms with Crippen LogP contribution >= 0.6 is 12.2 Å². The van der Waals surface area contributed by atoms with Gasteiger partial charge in [-0.05, 0) is 66.8 Å². The van der Waals surface area contributed by atoms with Gasteiger partial charge in [0.1, 0.15) is 11.5 Å². The van der Waals surface area contributed by atoms with Crippen LogP contribution in [0.5, 0.6) is 0 Å². The summed E-state index contributed by atoms with van der Waals surface area (Å²) >= 11 is 5.28. The van der Waals surface area contributed by atoms with Crippen molar-refractivity contribution in [3.05, 3.63) is 103 Å².